The van der Waals surface area contributed by atoms with E-state index in [1.807, 2.05) is 24.3 Å². The van der Waals surface area contributed by atoms with E-state index in [1.54, 1.807) is 11.8 Å². The molecular formula is C18H28NO2+. The Morgan fingerprint density at radius 1 is 1.38 bits per heavy atom. The van der Waals surface area contributed by atoms with Gasteiger partial charge in [-0.1, -0.05) is 19.1 Å². The zero-order chi connectivity index (χ0) is 15.1. The first-order valence-corrected chi connectivity index (χ1v) is 8.22. The third-order valence-electron chi connectivity index (χ3n) is 4.30. The lowest BCUT2D eigenvalue weighted by molar-refractivity contribution is -0.908. The van der Waals surface area contributed by atoms with E-state index in [2.05, 4.69) is 6.92 Å². The Balaban J connectivity index is 1.63. The summed E-state index contributed by atoms with van der Waals surface area (Å²) in [5.74, 6) is 1.78. The van der Waals surface area contributed by atoms with Gasteiger partial charge >= 0.3 is 0 Å². The van der Waals surface area contributed by atoms with Crippen LogP contribution in [0.15, 0.2) is 24.3 Å². The standard InChI is InChI=1S/C18H27NO2/c1-15-7-6-11-19(14-15)10-3-4-12-21-18-9-5-8-17(13-18)16(2)20/h5,8-9,13,15H,3-4,6-7,10-12,14H2,1-2H3/p+1/t15-/m1/s1. The molecule has 0 saturated carbocycles. The summed E-state index contributed by atoms with van der Waals surface area (Å²) < 4.78 is 5.75. The largest absolute Gasteiger partial charge is 0.494 e. The highest BCUT2D eigenvalue weighted by molar-refractivity contribution is 5.94. The highest BCUT2D eigenvalue weighted by atomic mass is 16.5. The van der Waals surface area contributed by atoms with Crippen molar-refractivity contribution in [3.05, 3.63) is 29.8 Å². The van der Waals surface area contributed by atoms with Gasteiger partial charge in [0.25, 0.3) is 0 Å². The van der Waals surface area contributed by atoms with E-state index in [0.717, 1.165) is 30.3 Å². The molecule has 0 aliphatic carbocycles. The molecule has 2 rings (SSSR count). The van der Waals surface area contributed by atoms with Gasteiger partial charge in [0.1, 0.15) is 5.75 Å². The lowest BCUT2D eigenvalue weighted by Gasteiger charge is -2.27. The van der Waals surface area contributed by atoms with Crippen molar-refractivity contribution in [1.29, 1.82) is 0 Å². The van der Waals surface area contributed by atoms with E-state index in [1.165, 1.54) is 38.9 Å². The van der Waals surface area contributed by atoms with Crippen LogP contribution in [0.4, 0.5) is 0 Å². The second kappa shape index (κ2) is 8.18. The smallest absolute Gasteiger partial charge is 0.159 e. The maximum atomic E-state index is 11.3. The summed E-state index contributed by atoms with van der Waals surface area (Å²) in [6, 6.07) is 7.46. The third-order valence-corrected chi connectivity index (χ3v) is 4.30. The van der Waals surface area contributed by atoms with Crippen molar-refractivity contribution in [2.75, 3.05) is 26.2 Å². The number of likely N-dealkylation sites (tertiary alicyclic amines) is 1. The molecule has 21 heavy (non-hydrogen) atoms. The summed E-state index contributed by atoms with van der Waals surface area (Å²) in [5.41, 5.74) is 0.722. The number of benzene rings is 1. The van der Waals surface area contributed by atoms with E-state index in [-0.39, 0.29) is 5.78 Å². The summed E-state index contributed by atoms with van der Waals surface area (Å²) in [5, 5.41) is 0. The number of ketones is 1. The molecule has 1 saturated heterocycles. The summed E-state index contributed by atoms with van der Waals surface area (Å²) in [4.78, 5) is 13.1. The lowest BCUT2D eigenvalue weighted by atomic mass is 10.0. The molecule has 0 amide bonds. The minimum absolute atomic E-state index is 0.0864. The SMILES string of the molecule is CC(=O)c1cccc(OCCCC[NH+]2CCC[C@@H](C)C2)c1. The number of piperidine rings is 1. The molecule has 2 atom stereocenters. The minimum atomic E-state index is 0.0864. The van der Waals surface area contributed by atoms with Crippen LogP contribution in [0.3, 0.4) is 0 Å². The molecule has 3 nitrogen and oxygen atoms in total. The summed E-state index contributed by atoms with van der Waals surface area (Å²) in [6.07, 6.45) is 5.08. The summed E-state index contributed by atoms with van der Waals surface area (Å²) in [7, 11) is 0. The van der Waals surface area contributed by atoms with Gasteiger partial charge in [0.15, 0.2) is 5.78 Å². The molecule has 1 aliphatic heterocycles. The van der Waals surface area contributed by atoms with Gasteiger partial charge in [0.2, 0.25) is 0 Å². The first-order valence-electron chi connectivity index (χ1n) is 8.22. The quantitative estimate of drug-likeness (QED) is 0.617. The number of Topliss-reactive ketones (excluding diaryl/α,β-unsaturated/α-hetero) is 1. The van der Waals surface area contributed by atoms with Gasteiger partial charge in [-0.2, -0.15) is 0 Å². The molecule has 116 valence electrons. The third kappa shape index (κ3) is 5.50. The highest BCUT2D eigenvalue weighted by Crippen LogP contribution is 2.14. The number of quaternary nitrogens is 1. The molecule has 0 spiro atoms. The van der Waals surface area contributed by atoms with Crippen LogP contribution in [-0.4, -0.2) is 32.0 Å². The molecule has 1 aromatic rings. The minimum Gasteiger partial charge on any atom is -0.494 e. The zero-order valence-electron chi connectivity index (χ0n) is 13.4. The van der Waals surface area contributed by atoms with Crippen LogP contribution < -0.4 is 9.64 Å². The molecule has 1 aliphatic rings. The Labute approximate surface area is 128 Å². The summed E-state index contributed by atoms with van der Waals surface area (Å²) in [6.45, 7) is 8.63. The predicted molar refractivity (Wildman–Crippen MR) is 85.1 cm³/mol. The fourth-order valence-electron chi connectivity index (χ4n) is 3.10. The second-order valence-electron chi connectivity index (χ2n) is 6.34. The Hall–Kier alpha value is -1.35. The van der Waals surface area contributed by atoms with Crippen molar-refractivity contribution in [2.45, 2.75) is 39.5 Å². The Morgan fingerprint density at radius 2 is 2.24 bits per heavy atom. The lowest BCUT2D eigenvalue weighted by Crippen LogP contribution is -3.13. The average Bonchev–Trinajstić information content (AvgIpc) is 2.47. The van der Waals surface area contributed by atoms with E-state index in [4.69, 9.17) is 4.74 Å². The average molecular weight is 290 g/mol. The van der Waals surface area contributed by atoms with Crippen LogP contribution in [0, 0.1) is 5.92 Å². The first-order chi connectivity index (χ1) is 10.1. The van der Waals surface area contributed by atoms with E-state index in [0.29, 0.717) is 0 Å². The van der Waals surface area contributed by atoms with Gasteiger partial charge in [0.05, 0.1) is 26.2 Å². The number of rotatable bonds is 7. The number of hydrogen-bond acceptors (Lipinski definition) is 2. The first kappa shape index (κ1) is 16.0. The molecule has 1 fully saturated rings. The van der Waals surface area contributed by atoms with Crippen LogP contribution in [0.1, 0.15) is 49.9 Å². The Kier molecular flexibility index (Phi) is 6.24. The highest BCUT2D eigenvalue weighted by Gasteiger charge is 2.18. The Bertz CT molecular complexity index is 458. The van der Waals surface area contributed by atoms with Gasteiger partial charge < -0.3 is 9.64 Å². The maximum Gasteiger partial charge on any atom is 0.159 e. The van der Waals surface area contributed by atoms with Gasteiger partial charge in [-0.15, -0.1) is 0 Å². The van der Waals surface area contributed by atoms with Crippen molar-refractivity contribution in [3.8, 4) is 5.75 Å². The van der Waals surface area contributed by atoms with Crippen molar-refractivity contribution in [3.63, 3.8) is 0 Å². The van der Waals surface area contributed by atoms with Gasteiger partial charge in [-0.3, -0.25) is 4.79 Å². The number of nitrogens with one attached hydrogen (secondary N) is 1. The normalized spacial score (nSPS) is 22.0. The van der Waals surface area contributed by atoms with Crippen LogP contribution in [0.25, 0.3) is 0 Å². The maximum absolute atomic E-state index is 11.3. The molecular weight excluding hydrogens is 262 g/mol. The molecule has 1 N–H and O–H groups in total. The summed E-state index contributed by atoms with van der Waals surface area (Å²) >= 11 is 0. The van der Waals surface area contributed by atoms with E-state index in [9.17, 15) is 4.79 Å². The Morgan fingerprint density at radius 3 is 3.00 bits per heavy atom. The molecule has 1 heterocycles. The fourth-order valence-corrected chi connectivity index (χ4v) is 3.10. The predicted octanol–water partition coefficient (Wildman–Crippen LogP) is 2.36. The molecule has 3 heteroatoms. The van der Waals surface area contributed by atoms with Gasteiger partial charge in [-0.05, 0) is 44.7 Å². The molecule has 0 aromatic heterocycles. The van der Waals surface area contributed by atoms with Gasteiger partial charge in [-0.25, -0.2) is 0 Å². The number of carbonyl (C=O) groups is 1. The van der Waals surface area contributed by atoms with Crippen LogP contribution in [0.2, 0.25) is 0 Å². The van der Waals surface area contributed by atoms with Crippen LogP contribution in [-0.2, 0) is 0 Å². The van der Waals surface area contributed by atoms with Gasteiger partial charge in [0, 0.05) is 11.5 Å². The molecule has 0 bridgehead atoms. The van der Waals surface area contributed by atoms with Crippen molar-refractivity contribution in [2.24, 2.45) is 5.92 Å². The molecule has 1 unspecified atom stereocenters. The number of carbonyl (C=O) groups excluding carboxylic acids is 1. The van der Waals surface area contributed by atoms with Crippen molar-refractivity contribution >= 4 is 5.78 Å². The molecule has 1 aromatic carbocycles. The second-order valence-corrected chi connectivity index (χ2v) is 6.34. The van der Waals surface area contributed by atoms with Crippen LogP contribution in [0.5, 0.6) is 5.75 Å². The van der Waals surface area contributed by atoms with Crippen molar-refractivity contribution in [1.82, 2.24) is 0 Å². The molecule has 0 radical (unpaired) electrons. The monoisotopic (exact) mass is 290 g/mol. The number of unbranched alkanes of at least 4 members (excludes halogenated alkanes) is 1. The topological polar surface area (TPSA) is 30.7 Å². The number of hydrogen-bond donors (Lipinski definition) is 1. The van der Waals surface area contributed by atoms with Crippen molar-refractivity contribution < 1.29 is 14.4 Å². The zero-order valence-corrected chi connectivity index (χ0v) is 13.4. The van der Waals surface area contributed by atoms with Crippen LogP contribution >= 0.6 is 0 Å². The van der Waals surface area contributed by atoms with E-state index < -0.39 is 0 Å². The number of ether oxygens (including phenoxy) is 1. The fraction of sp³-hybridized carbons (Fsp3) is 0.611. The van der Waals surface area contributed by atoms with E-state index >= 15 is 0 Å².